The number of fused-ring (bicyclic) bond motifs is 1. The van der Waals surface area contributed by atoms with Gasteiger partial charge in [0.1, 0.15) is 5.82 Å². The van der Waals surface area contributed by atoms with Gasteiger partial charge in [0, 0.05) is 32.1 Å². The van der Waals surface area contributed by atoms with Gasteiger partial charge in [-0.05, 0) is 41.5 Å². The minimum atomic E-state index is -0.136. The third-order valence-electron chi connectivity index (χ3n) is 4.41. The monoisotopic (exact) mass is 357 g/mol. The summed E-state index contributed by atoms with van der Waals surface area (Å²) in [6.45, 7) is 0.440. The van der Waals surface area contributed by atoms with Crippen LogP contribution in [0.4, 0.5) is 5.82 Å². The number of rotatable bonds is 4. The zero-order valence-corrected chi connectivity index (χ0v) is 15.2. The maximum Gasteiger partial charge on any atom is 0.280 e. The van der Waals surface area contributed by atoms with E-state index >= 15 is 0 Å². The van der Waals surface area contributed by atoms with E-state index in [-0.39, 0.29) is 5.56 Å². The Hall–Kier alpha value is -3.54. The number of hydrogen-bond donors (Lipinski definition) is 0. The summed E-state index contributed by atoms with van der Waals surface area (Å²) < 4.78 is 1.59. The molecule has 0 unspecified atom stereocenters. The van der Waals surface area contributed by atoms with Gasteiger partial charge in [-0.25, -0.2) is 15.0 Å². The van der Waals surface area contributed by atoms with Gasteiger partial charge < -0.3 is 4.90 Å². The first-order valence-corrected chi connectivity index (χ1v) is 8.65. The fourth-order valence-electron chi connectivity index (χ4n) is 2.97. The summed E-state index contributed by atoms with van der Waals surface area (Å²) in [6.07, 6.45) is 5.05. The molecule has 4 aromatic rings. The zero-order valence-electron chi connectivity index (χ0n) is 15.2. The van der Waals surface area contributed by atoms with E-state index in [0.29, 0.717) is 17.6 Å². The molecule has 4 rings (SSSR count). The van der Waals surface area contributed by atoms with Gasteiger partial charge in [-0.15, -0.1) is 0 Å². The highest BCUT2D eigenvalue weighted by Gasteiger charge is 2.07. The first kappa shape index (κ1) is 16.9. The lowest BCUT2D eigenvalue weighted by molar-refractivity contribution is 0.746. The van der Waals surface area contributed by atoms with Crippen molar-refractivity contribution in [3.8, 4) is 11.1 Å². The zero-order chi connectivity index (χ0) is 18.8. The van der Waals surface area contributed by atoms with E-state index in [1.54, 1.807) is 29.2 Å². The predicted octanol–water partition coefficient (Wildman–Crippen LogP) is 2.97. The molecule has 0 bridgehead atoms. The van der Waals surface area contributed by atoms with Crippen LogP contribution in [0.1, 0.15) is 5.56 Å². The molecule has 0 N–H and O–H groups in total. The third kappa shape index (κ3) is 3.42. The van der Waals surface area contributed by atoms with Crippen LogP contribution in [0, 0.1) is 0 Å². The lowest BCUT2D eigenvalue weighted by Crippen LogP contribution is -2.21. The fraction of sp³-hybridized carbons (Fsp3) is 0.143. The Kier molecular flexibility index (Phi) is 4.38. The first-order valence-electron chi connectivity index (χ1n) is 8.65. The van der Waals surface area contributed by atoms with Crippen molar-refractivity contribution in [1.29, 1.82) is 0 Å². The second-order valence-corrected chi connectivity index (χ2v) is 6.55. The molecule has 0 fully saturated rings. The first-order chi connectivity index (χ1) is 13.1. The number of aromatic nitrogens is 4. The summed E-state index contributed by atoms with van der Waals surface area (Å²) in [5, 5.41) is 0. The summed E-state index contributed by atoms with van der Waals surface area (Å²) in [6, 6.07) is 15.7. The lowest BCUT2D eigenvalue weighted by atomic mass is 10.0. The molecule has 134 valence electrons. The Labute approximate surface area is 156 Å². The Morgan fingerprint density at radius 1 is 0.963 bits per heavy atom. The summed E-state index contributed by atoms with van der Waals surface area (Å²) in [4.78, 5) is 27.6. The molecule has 0 saturated carbocycles. The van der Waals surface area contributed by atoms with Crippen molar-refractivity contribution in [2.24, 2.45) is 0 Å². The SMILES string of the molecule is CN(C)c1ccc(-c2cccc(Cn3cnc4cccnc4c3=O)c2)cn1. The van der Waals surface area contributed by atoms with Crippen molar-refractivity contribution in [3.05, 3.63) is 83.2 Å². The van der Waals surface area contributed by atoms with Crippen molar-refractivity contribution in [2.75, 3.05) is 19.0 Å². The van der Waals surface area contributed by atoms with E-state index in [1.807, 2.05) is 49.5 Å². The molecule has 0 spiro atoms. The number of pyridine rings is 2. The molecule has 27 heavy (non-hydrogen) atoms. The van der Waals surface area contributed by atoms with Crippen LogP contribution in [0.2, 0.25) is 0 Å². The van der Waals surface area contributed by atoms with Gasteiger partial charge in [0.2, 0.25) is 0 Å². The van der Waals surface area contributed by atoms with Crippen LogP contribution in [0.5, 0.6) is 0 Å². The maximum atomic E-state index is 12.6. The highest BCUT2D eigenvalue weighted by atomic mass is 16.1. The molecule has 6 nitrogen and oxygen atoms in total. The van der Waals surface area contributed by atoms with E-state index in [1.165, 1.54) is 0 Å². The molecule has 0 radical (unpaired) electrons. The smallest absolute Gasteiger partial charge is 0.280 e. The molecule has 0 aliphatic rings. The van der Waals surface area contributed by atoms with Crippen molar-refractivity contribution in [1.82, 2.24) is 19.5 Å². The Balaban J connectivity index is 1.65. The van der Waals surface area contributed by atoms with Gasteiger partial charge in [-0.2, -0.15) is 0 Å². The van der Waals surface area contributed by atoms with Crippen LogP contribution in [0.15, 0.2) is 72.0 Å². The summed E-state index contributed by atoms with van der Waals surface area (Å²) in [5.41, 5.74) is 3.98. The van der Waals surface area contributed by atoms with Crippen LogP contribution in [-0.2, 0) is 6.54 Å². The molecule has 1 aromatic carbocycles. The van der Waals surface area contributed by atoms with Crippen LogP contribution < -0.4 is 10.5 Å². The molecular formula is C21H19N5O. The summed E-state index contributed by atoms with van der Waals surface area (Å²) >= 11 is 0. The van der Waals surface area contributed by atoms with Crippen LogP contribution >= 0.6 is 0 Å². The normalized spacial score (nSPS) is 10.9. The minimum Gasteiger partial charge on any atom is -0.363 e. The van der Waals surface area contributed by atoms with Crippen molar-refractivity contribution < 1.29 is 0 Å². The highest BCUT2D eigenvalue weighted by Crippen LogP contribution is 2.21. The molecule has 6 heteroatoms. The van der Waals surface area contributed by atoms with Crippen LogP contribution in [0.3, 0.4) is 0 Å². The Morgan fingerprint density at radius 2 is 1.85 bits per heavy atom. The van der Waals surface area contributed by atoms with Gasteiger partial charge in [0.15, 0.2) is 5.52 Å². The topological polar surface area (TPSA) is 63.9 Å². The second kappa shape index (κ2) is 6.99. The Bertz CT molecular complexity index is 1150. The van der Waals surface area contributed by atoms with Gasteiger partial charge >= 0.3 is 0 Å². The van der Waals surface area contributed by atoms with Crippen molar-refractivity contribution >= 4 is 16.9 Å². The predicted molar refractivity (Wildman–Crippen MR) is 107 cm³/mol. The van der Waals surface area contributed by atoms with Crippen LogP contribution in [-0.4, -0.2) is 33.6 Å². The molecule has 0 atom stereocenters. The quantitative estimate of drug-likeness (QED) is 0.562. The minimum absolute atomic E-state index is 0.136. The molecular weight excluding hydrogens is 338 g/mol. The molecule has 0 saturated heterocycles. The van der Waals surface area contributed by atoms with E-state index in [0.717, 1.165) is 22.5 Å². The molecule has 0 amide bonds. The fourth-order valence-corrected chi connectivity index (χ4v) is 2.97. The number of hydrogen-bond acceptors (Lipinski definition) is 5. The highest BCUT2D eigenvalue weighted by molar-refractivity contribution is 5.72. The van der Waals surface area contributed by atoms with Gasteiger partial charge in [0.05, 0.1) is 18.4 Å². The van der Waals surface area contributed by atoms with E-state index in [9.17, 15) is 4.79 Å². The molecule has 0 aliphatic heterocycles. The maximum absolute atomic E-state index is 12.6. The van der Waals surface area contributed by atoms with E-state index < -0.39 is 0 Å². The van der Waals surface area contributed by atoms with Gasteiger partial charge in [0.25, 0.3) is 5.56 Å². The van der Waals surface area contributed by atoms with Crippen molar-refractivity contribution in [3.63, 3.8) is 0 Å². The van der Waals surface area contributed by atoms with Gasteiger partial charge in [-0.1, -0.05) is 18.2 Å². The summed E-state index contributed by atoms with van der Waals surface area (Å²) in [7, 11) is 3.93. The largest absolute Gasteiger partial charge is 0.363 e. The van der Waals surface area contributed by atoms with Crippen molar-refractivity contribution in [2.45, 2.75) is 6.54 Å². The van der Waals surface area contributed by atoms with E-state index in [2.05, 4.69) is 27.1 Å². The number of benzene rings is 1. The molecule has 3 heterocycles. The molecule has 3 aromatic heterocycles. The van der Waals surface area contributed by atoms with Crippen LogP contribution in [0.25, 0.3) is 22.2 Å². The number of nitrogens with zero attached hydrogens (tertiary/aromatic N) is 5. The third-order valence-corrected chi connectivity index (χ3v) is 4.41. The standard InChI is InChI=1S/C21H19N5O/c1-25(2)19-9-8-17(12-23-19)16-6-3-5-15(11-16)13-26-14-24-18-7-4-10-22-20(18)21(26)27/h3-12,14H,13H2,1-2H3. The second-order valence-electron chi connectivity index (χ2n) is 6.55. The number of anilines is 1. The summed E-state index contributed by atoms with van der Waals surface area (Å²) in [5.74, 6) is 0.913. The average molecular weight is 357 g/mol. The average Bonchev–Trinajstić information content (AvgIpc) is 2.71. The Morgan fingerprint density at radius 3 is 2.63 bits per heavy atom. The van der Waals surface area contributed by atoms with E-state index in [4.69, 9.17) is 0 Å². The van der Waals surface area contributed by atoms with Gasteiger partial charge in [-0.3, -0.25) is 9.36 Å². The molecule has 0 aliphatic carbocycles. The lowest BCUT2D eigenvalue weighted by Gasteiger charge is -2.12.